The summed E-state index contributed by atoms with van der Waals surface area (Å²) in [4.78, 5) is 25.1. The molecule has 0 amide bonds. The highest BCUT2D eigenvalue weighted by atomic mass is 16.5. The number of carbonyl (C=O) groups is 2. The van der Waals surface area contributed by atoms with Crippen molar-refractivity contribution in [1.29, 1.82) is 0 Å². The largest absolute Gasteiger partial charge is 0.465 e. The van der Waals surface area contributed by atoms with E-state index in [9.17, 15) is 9.59 Å². The molecule has 1 aromatic carbocycles. The predicted octanol–water partition coefficient (Wildman–Crippen LogP) is 5.22. The SMILES string of the molecule is CCCCCCCOC(=O)C1CCCCC1C(=O)Oc1cccc(C)c1. The third-order valence-electron chi connectivity index (χ3n) is 5.07. The van der Waals surface area contributed by atoms with Crippen molar-refractivity contribution >= 4 is 11.9 Å². The number of unbranched alkanes of at least 4 members (excludes halogenated alkanes) is 4. The molecule has 0 radical (unpaired) electrons. The van der Waals surface area contributed by atoms with Crippen molar-refractivity contribution in [2.45, 2.75) is 71.6 Å². The first-order chi connectivity index (χ1) is 12.6. The first kappa shape index (κ1) is 20.5. The number of benzene rings is 1. The molecule has 0 aromatic heterocycles. The Morgan fingerprint density at radius 3 is 2.38 bits per heavy atom. The molecule has 2 rings (SSSR count). The standard InChI is InChI=1S/C22H32O4/c1-3-4-5-6-9-15-25-21(23)19-13-7-8-14-20(19)22(24)26-18-12-10-11-17(2)16-18/h10-12,16,19-20H,3-9,13-15H2,1-2H3. The maximum absolute atomic E-state index is 12.6. The summed E-state index contributed by atoms with van der Waals surface area (Å²) in [6.45, 7) is 4.59. The molecule has 4 nitrogen and oxygen atoms in total. The van der Waals surface area contributed by atoms with Crippen molar-refractivity contribution in [3.63, 3.8) is 0 Å². The zero-order valence-electron chi connectivity index (χ0n) is 16.2. The van der Waals surface area contributed by atoms with Gasteiger partial charge in [0.05, 0.1) is 18.4 Å². The molecule has 0 aliphatic heterocycles. The van der Waals surface area contributed by atoms with Crippen LogP contribution in [0.2, 0.25) is 0 Å². The molecule has 2 unspecified atom stereocenters. The molecular formula is C22H32O4. The van der Waals surface area contributed by atoms with Gasteiger partial charge in [0, 0.05) is 0 Å². The predicted molar refractivity (Wildman–Crippen MR) is 102 cm³/mol. The Bertz CT molecular complexity index is 581. The fourth-order valence-electron chi connectivity index (χ4n) is 3.55. The summed E-state index contributed by atoms with van der Waals surface area (Å²) in [6.07, 6.45) is 8.92. The topological polar surface area (TPSA) is 52.6 Å². The van der Waals surface area contributed by atoms with Crippen molar-refractivity contribution < 1.29 is 19.1 Å². The molecule has 0 spiro atoms. The van der Waals surface area contributed by atoms with Gasteiger partial charge in [-0.3, -0.25) is 9.59 Å². The second-order valence-corrected chi connectivity index (χ2v) is 7.32. The normalized spacial score (nSPS) is 19.8. The van der Waals surface area contributed by atoms with Crippen LogP contribution in [0.4, 0.5) is 0 Å². The Morgan fingerprint density at radius 2 is 1.69 bits per heavy atom. The molecular weight excluding hydrogens is 328 g/mol. The molecule has 0 saturated heterocycles. The van der Waals surface area contributed by atoms with Crippen molar-refractivity contribution in [2.24, 2.45) is 11.8 Å². The van der Waals surface area contributed by atoms with Gasteiger partial charge in [-0.15, -0.1) is 0 Å². The van der Waals surface area contributed by atoms with Gasteiger partial charge in [-0.1, -0.05) is 57.6 Å². The van der Waals surface area contributed by atoms with E-state index in [0.29, 0.717) is 25.2 Å². The van der Waals surface area contributed by atoms with Crippen molar-refractivity contribution in [3.05, 3.63) is 29.8 Å². The highest BCUT2D eigenvalue weighted by Gasteiger charge is 2.38. The van der Waals surface area contributed by atoms with Crippen LogP contribution >= 0.6 is 0 Å². The molecule has 0 N–H and O–H groups in total. The van der Waals surface area contributed by atoms with E-state index >= 15 is 0 Å². The summed E-state index contributed by atoms with van der Waals surface area (Å²) in [5.41, 5.74) is 1.04. The van der Waals surface area contributed by atoms with Gasteiger partial charge in [0.1, 0.15) is 5.75 Å². The first-order valence-electron chi connectivity index (χ1n) is 10.1. The zero-order valence-corrected chi connectivity index (χ0v) is 16.2. The van der Waals surface area contributed by atoms with E-state index < -0.39 is 5.92 Å². The van der Waals surface area contributed by atoms with Gasteiger partial charge in [0.25, 0.3) is 0 Å². The zero-order chi connectivity index (χ0) is 18.8. The minimum absolute atomic E-state index is 0.230. The summed E-state index contributed by atoms with van der Waals surface area (Å²) in [7, 11) is 0. The Kier molecular flexibility index (Phi) is 8.66. The Morgan fingerprint density at radius 1 is 1.00 bits per heavy atom. The van der Waals surface area contributed by atoms with Crippen LogP contribution in [0.5, 0.6) is 5.75 Å². The van der Waals surface area contributed by atoms with Gasteiger partial charge in [0.2, 0.25) is 0 Å². The van der Waals surface area contributed by atoms with Gasteiger partial charge in [-0.2, -0.15) is 0 Å². The molecule has 4 heteroatoms. The van der Waals surface area contributed by atoms with Crippen LogP contribution in [0.15, 0.2) is 24.3 Å². The summed E-state index contributed by atoms with van der Waals surface area (Å²) in [6, 6.07) is 7.43. The molecule has 0 bridgehead atoms. The van der Waals surface area contributed by atoms with E-state index in [0.717, 1.165) is 31.2 Å². The van der Waals surface area contributed by atoms with E-state index in [-0.39, 0.29) is 17.9 Å². The third-order valence-corrected chi connectivity index (χ3v) is 5.07. The monoisotopic (exact) mass is 360 g/mol. The fraction of sp³-hybridized carbons (Fsp3) is 0.636. The van der Waals surface area contributed by atoms with E-state index in [1.165, 1.54) is 19.3 Å². The quantitative estimate of drug-likeness (QED) is 0.344. The van der Waals surface area contributed by atoms with Gasteiger partial charge in [-0.05, 0) is 43.9 Å². The summed E-state index contributed by atoms with van der Waals surface area (Å²) >= 11 is 0. The van der Waals surface area contributed by atoms with E-state index in [4.69, 9.17) is 9.47 Å². The lowest BCUT2D eigenvalue weighted by Crippen LogP contribution is -2.36. The third kappa shape index (κ3) is 6.47. The van der Waals surface area contributed by atoms with Crippen LogP contribution in [0.3, 0.4) is 0 Å². The average molecular weight is 360 g/mol. The average Bonchev–Trinajstić information content (AvgIpc) is 2.64. The molecule has 1 fully saturated rings. The summed E-state index contributed by atoms with van der Waals surface area (Å²) in [5, 5.41) is 0. The van der Waals surface area contributed by atoms with Crippen LogP contribution in [0, 0.1) is 18.8 Å². The Hall–Kier alpha value is -1.84. The lowest BCUT2D eigenvalue weighted by atomic mass is 9.79. The second-order valence-electron chi connectivity index (χ2n) is 7.32. The number of rotatable bonds is 9. The molecule has 0 heterocycles. The minimum atomic E-state index is -0.392. The maximum Gasteiger partial charge on any atom is 0.315 e. The lowest BCUT2D eigenvalue weighted by Gasteiger charge is -2.28. The molecule has 2 atom stereocenters. The summed E-state index contributed by atoms with van der Waals surface area (Å²) in [5.74, 6) is -0.747. The van der Waals surface area contributed by atoms with Gasteiger partial charge in [0.15, 0.2) is 0 Å². The number of hydrogen-bond acceptors (Lipinski definition) is 4. The smallest absolute Gasteiger partial charge is 0.315 e. The van der Waals surface area contributed by atoms with Gasteiger partial charge >= 0.3 is 11.9 Å². The summed E-state index contributed by atoms with van der Waals surface area (Å²) < 4.78 is 11.0. The van der Waals surface area contributed by atoms with E-state index in [1.807, 2.05) is 25.1 Å². The minimum Gasteiger partial charge on any atom is -0.465 e. The molecule has 1 saturated carbocycles. The number of esters is 2. The molecule has 26 heavy (non-hydrogen) atoms. The first-order valence-corrected chi connectivity index (χ1v) is 10.1. The number of aryl methyl sites for hydroxylation is 1. The highest BCUT2D eigenvalue weighted by Crippen LogP contribution is 2.32. The van der Waals surface area contributed by atoms with Crippen molar-refractivity contribution in [1.82, 2.24) is 0 Å². The Labute approximate surface area is 157 Å². The van der Waals surface area contributed by atoms with Crippen LogP contribution in [0.25, 0.3) is 0 Å². The maximum atomic E-state index is 12.6. The lowest BCUT2D eigenvalue weighted by molar-refractivity contribution is -0.158. The van der Waals surface area contributed by atoms with Crippen LogP contribution < -0.4 is 4.74 Å². The number of hydrogen-bond donors (Lipinski definition) is 0. The second kappa shape index (κ2) is 11.0. The van der Waals surface area contributed by atoms with Crippen LogP contribution in [-0.2, 0) is 14.3 Å². The van der Waals surface area contributed by atoms with Crippen LogP contribution in [-0.4, -0.2) is 18.5 Å². The van der Waals surface area contributed by atoms with E-state index in [1.54, 1.807) is 6.07 Å². The fourth-order valence-corrected chi connectivity index (χ4v) is 3.55. The van der Waals surface area contributed by atoms with Crippen molar-refractivity contribution in [3.8, 4) is 5.75 Å². The molecule has 144 valence electrons. The highest BCUT2D eigenvalue weighted by molar-refractivity contribution is 5.83. The van der Waals surface area contributed by atoms with Crippen LogP contribution in [0.1, 0.15) is 70.3 Å². The Balaban J connectivity index is 1.85. The molecule has 1 aliphatic rings. The molecule has 1 aliphatic carbocycles. The number of carbonyl (C=O) groups excluding carboxylic acids is 2. The van der Waals surface area contributed by atoms with Crippen molar-refractivity contribution in [2.75, 3.05) is 6.61 Å². The number of ether oxygens (including phenoxy) is 2. The van der Waals surface area contributed by atoms with E-state index in [2.05, 4.69) is 6.92 Å². The molecule has 1 aromatic rings. The van der Waals surface area contributed by atoms with Gasteiger partial charge < -0.3 is 9.47 Å². The van der Waals surface area contributed by atoms with Gasteiger partial charge in [-0.25, -0.2) is 0 Å².